The van der Waals surface area contributed by atoms with Gasteiger partial charge < -0.3 is 29.1 Å². The molecule has 7 rings (SSSR count). The largest absolute Gasteiger partial charge is 0.548 e. The van der Waals surface area contributed by atoms with Crippen molar-refractivity contribution in [3.05, 3.63) is 83.7 Å². The lowest BCUT2D eigenvalue weighted by Gasteiger charge is -2.27. The summed E-state index contributed by atoms with van der Waals surface area (Å²) in [5.74, 6) is 0.357. The van der Waals surface area contributed by atoms with Crippen LogP contribution in [0.15, 0.2) is 66.7 Å². The molecule has 8 nitrogen and oxygen atoms in total. The number of hydrogen-bond acceptors (Lipinski definition) is 5. The van der Waals surface area contributed by atoms with E-state index in [1.54, 1.807) is 4.57 Å². The van der Waals surface area contributed by atoms with E-state index in [0.29, 0.717) is 41.5 Å². The van der Waals surface area contributed by atoms with Crippen LogP contribution in [0.3, 0.4) is 0 Å². The van der Waals surface area contributed by atoms with Gasteiger partial charge in [-0.2, -0.15) is 0 Å². The molecule has 0 atom stereocenters. The lowest BCUT2D eigenvalue weighted by atomic mass is 9.81. The highest BCUT2D eigenvalue weighted by Gasteiger charge is 2.32. The summed E-state index contributed by atoms with van der Waals surface area (Å²) in [7, 11) is 0. The van der Waals surface area contributed by atoms with Gasteiger partial charge in [0.15, 0.2) is 0 Å². The first-order valence-electron chi connectivity index (χ1n) is 15.2. The van der Waals surface area contributed by atoms with Crippen molar-refractivity contribution in [2.75, 3.05) is 6.61 Å². The molecule has 2 aliphatic rings. The Morgan fingerprint density at radius 3 is 2.58 bits per heavy atom. The molecule has 3 aromatic carbocycles. The maximum Gasteiger partial charge on any atom is 0.252 e. The summed E-state index contributed by atoms with van der Waals surface area (Å²) in [6.07, 6.45) is 6.07. The Morgan fingerprint density at radius 2 is 1.77 bits per heavy atom. The Hall–Kier alpha value is -4.59. The zero-order valence-electron chi connectivity index (χ0n) is 24.6. The number of carboxylic acid groups (broad SMARTS) is 1. The topological polar surface area (TPSA) is 101 Å². The van der Waals surface area contributed by atoms with Crippen LogP contribution >= 0.6 is 0 Å². The number of hydrogen-bond donors (Lipinski definition) is 1. The number of para-hydroxylation sites is 3. The van der Waals surface area contributed by atoms with Crippen LogP contribution in [0.4, 0.5) is 0 Å². The monoisotopic (exact) mass is 575 g/mol. The molecule has 3 heterocycles. The molecule has 1 N–H and O–H groups in total. The molecular weight excluding hydrogens is 540 g/mol. The first-order valence-corrected chi connectivity index (χ1v) is 15.2. The number of benzene rings is 3. The fraction of sp³-hybridized carbons (Fsp3) is 0.343. The van der Waals surface area contributed by atoms with Crippen LogP contribution in [0.5, 0.6) is 5.75 Å². The highest BCUT2D eigenvalue weighted by atomic mass is 16.5. The Morgan fingerprint density at radius 1 is 1.00 bits per heavy atom. The van der Waals surface area contributed by atoms with Gasteiger partial charge in [-0.1, -0.05) is 49.6 Å². The van der Waals surface area contributed by atoms with Crippen molar-refractivity contribution in [1.82, 2.24) is 19.4 Å². The fourth-order valence-corrected chi connectivity index (χ4v) is 7.13. The van der Waals surface area contributed by atoms with Gasteiger partial charge in [-0.3, -0.25) is 4.79 Å². The third-order valence-corrected chi connectivity index (χ3v) is 9.02. The number of rotatable bonds is 6. The van der Waals surface area contributed by atoms with E-state index in [1.165, 1.54) is 48.7 Å². The number of nitrogens with zero attached hydrogens (tertiary/aromatic N) is 3. The van der Waals surface area contributed by atoms with Crippen molar-refractivity contribution in [2.24, 2.45) is 0 Å². The number of amides is 1. The average Bonchev–Trinajstić information content (AvgIpc) is 3.46. The molecule has 43 heavy (non-hydrogen) atoms. The van der Waals surface area contributed by atoms with Gasteiger partial charge in [0.05, 0.1) is 41.3 Å². The molecule has 220 valence electrons. The van der Waals surface area contributed by atoms with E-state index in [4.69, 9.17) is 9.72 Å². The number of imidazole rings is 1. The number of nitrogens with one attached hydrogen (secondary N) is 1. The van der Waals surface area contributed by atoms with Gasteiger partial charge in [0, 0.05) is 22.0 Å². The summed E-state index contributed by atoms with van der Waals surface area (Å²) in [5.41, 5.74) is 5.64. The van der Waals surface area contributed by atoms with E-state index in [0.717, 1.165) is 16.8 Å². The van der Waals surface area contributed by atoms with Crippen molar-refractivity contribution >= 4 is 33.8 Å². The van der Waals surface area contributed by atoms with Gasteiger partial charge in [-0.15, -0.1) is 0 Å². The zero-order chi connectivity index (χ0) is 29.7. The minimum atomic E-state index is -1.22. The molecule has 0 radical (unpaired) electrons. The summed E-state index contributed by atoms with van der Waals surface area (Å²) in [6.45, 7) is 4.57. The minimum Gasteiger partial charge on any atom is -0.548 e. The summed E-state index contributed by atoms with van der Waals surface area (Å²) in [5, 5.41) is 16.0. The highest BCUT2D eigenvalue weighted by molar-refractivity contribution is 6.01. The van der Waals surface area contributed by atoms with E-state index >= 15 is 0 Å². The molecule has 1 aliphatic heterocycles. The van der Waals surface area contributed by atoms with Crippen LogP contribution in [0.2, 0.25) is 0 Å². The SMILES string of the molecule is CC(C)(NC(=O)c1ccc2c(C3CCCCC3)c3n(c2c1)CCOc1ccccc1-3)c1nc2ccccc2n1CC(=O)[O-]. The predicted octanol–water partition coefficient (Wildman–Crippen LogP) is 5.51. The second kappa shape index (κ2) is 10.6. The van der Waals surface area contributed by atoms with E-state index in [9.17, 15) is 14.7 Å². The van der Waals surface area contributed by atoms with Gasteiger partial charge in [0.2, 0.25) is 0 Å². The quantitative estimate of drug-likeness (QED) is 0.288. The number of ether oxygens (including phenoxy) is 1. The molecule has 8 heteroatoms. The summed E-state index contributed by atoms with van der Waals surface area (Å²) < 4.78 is 10.1. The van der Waals surface area contributed by atoms with Crippen LogP contribution < -0.4 is 15.2 Å². The van der Waals surface area contributed by atoms with Crippen molar-refractivity contribution < 1.29 is 19.4 Å². The van der Waals surface area contributed by atoms with Crippen molar-refractivity contribution in [3.8, 4) is 17.0 Å². The van der Waals surface area contributed by atoms with Crippen molar-refractivity contribution in [2.45, 2.75) is 70.5 Å². The number of carbonyl (C=O) groups is 2. The third-order valence-electron chi connectivity index (χ3n) is 9.02. The summed E-state index contributed by atoms with van der Waals surface area (Å²) in [6, 6.07) is 21.6. The summed E-state index contributed by atoms with van der Waals surface area (Å²) >= 11 is 0. The van der Waals surface area contributed by atoms with Crippen LogP contribution in [-0.4, -0.2) is 32.6 Å². The highest BCUT2D eigenvalue weighted by Crippen LogP contribution is 2.47. The molecule has 0 bridgehead atoms. The first-order chi connectivity index (χ1) is 20.8. The molecule has 1 aliphatic carbocycles. The molecule has 5 aromatic rings. The lowest BCUT2D eigenvalue weighted by molar-refractivity contribution is -0.306. The molecule has 1 saturated carbocycles. The van der Waals surface area contributed by atoms with Gasteiger partial charge >= 0.3 is 0 Å². The fourth-order valence-electron chi connectivity index (χ4n) is 7.13. The second-order valence-electron chi connectivity index (χ2n) is 12.3. The van der Waals surface area contributed by atoms with Crippen LogP contribution in [0.1, 0.15) is 73.6 Å². The molecule has 0 spiro atoms. The maximum atomic E-state index is 13.9. The zero-order valence-corrected chi connectivity index (χ0v) is 24.6. The van der Waals surface area contributed by atoms with Crippen LogP contribution in [0.25, 0.3) is 33.2 Å². The lowest BCUT2D eigenvalue weighted by Crippen LogP contribution is -2.43. The minimum absolute atomic E-state index is 0.251. The Kier molecular flexibility index (Phi) is 6.72. The predicted molar refractivity (Wildman–Crippen MR) is 164 cm³/mol. The molecule has 2 aromatic heterocycles. The van der Waals surface area contributed by atoms with Crippen LogP contribution in [-0.2, 0) is 23.4 Å². The van der Waals surface area contributed by atoms with E-state index in [1.807, 2.05) is 62.4 Å². The second-order valence-corrected chi connectivity index (χ2v) is 12.3. The van der Waals surface area contributed by atoms with Crippen molar-refractivity contribution in [3.63, 3.8) is 0 Å². The maximum absolute atomic E-state index is 13.9. The first kappa shape index (κ1) is 27.3. The normalized spacial score (nSPS) is 15.5. The number of aromatic nitrogens is 3. The summed E-state index contributed by atoms with van der Waals surface area (Å²) in [4.78, 5) is 30.2. The van der Waals surface area contributed by atoms with E-state index in [-0.39, 0.29) is 12.5 Å². The molecule has 1 amide bonds. The molecular formula is C35H35N4O4-. The van der Waals surface area contributed by atoms with Gasteiger partial charge in [-0.05, 0) is 74.6 Å². The molecule has 0 unspecified atom stereocenters. The van der Waals surface area contributed by atoms with Crippen LogP contribution in [0, 0.1) is 0 Å². The Balaban J connectivity index is 1.30. The van der Waals surface area contributed by atoms with Gasteiger partial charge in [-0.25, -0.2) is 4.98 Å². The van der Waals surface area contributed by atoms with E-state index in [2.05, 4.69) is 28.1 Å². The molecule has 0 saturated heterocycles. The number of carbonyl (C=O) groups excluding carboxylic acids is 2. The Bertz CT molecular complexity index is 1880. The standard InChI is InChI=1S/C35H36N4O4/c1-35(2,34-36-26-13-7-8-14-27(26)39(34)21-30(40)41)37-33(42)23-16-17-24-28(20-23)38-18-19-43-29-15-9-6-12-25(29)32(38)31(24)22-10-4-3-5-11-22/h6-9,12-17,20,22H,3-5,10-11,18-19,21H2,1-2H3,(H,37,42)(H,40,41)/p-1. The molecule has 1 fully saturated rings. The van der Waals surface area contributed by atoms with Gasteiger partial charge in [0.25, 0.3) is 5.91 Å². The van der Waals surface area contributed by atoms with Crippen molar-refractivity contribution in [1.29, 1.82) is 0 Å². The number of aliphatic carboxylic acids is 1. The third kappa shape index (κ3) is 4.75. The van der Waals surface area contributed by atoms with E-state index < -0.39 is 11.5 Å². The number of fused-ring (bicyclic) bond motifs is 6. The van der Waals surface area contributed by atoms with Gasteiger partial charge in [0.1, 0.15) is 18.2 Å². The smallest absolute Gasteiger partial charge is 0.252 e. The number of carboxylic acids is 1. The Labute approximate surface area is 250 Å². The average molecular weight is 576 g/mol.